The standard InChI is InChI=1S/C10H7F3O/c11-10(12,13)9(7-14)6-8-4-2-1-3-5-8/h1-7H/b9-6+. The van der Waals surface area contributed by atoms with Crippen molar-refractivity contribution in [2.45, 2.75) is 6.18 Å². The van der Waals surface area contributed by atoms with Crippen LogP contribution in [0.2, 0.25) is 0 Å². The Kier molecular flexibility index (Phi) is 3.06. The first-order chi connectivity index (χ1) is 6.54. The van der Waals surface area contributed by atoms with E-state index >= 15 is 0 Å². The molecule has 0 aliphatic rings. The van der Waals surface area contributed by atoms with E-state index in [9.17, 15) is 18.0 Å². The summed E-state index contributed by atoms with van der Waals surface area (Å²) in [6.07, 6.45) is -3.96. The van der Waals surface area contributed by atoms with Gasteiger partial charge in [0.15, 0.2) is 6.29 Å². The molecule has 0 saturated heterocycles. The van der Waals surface area contributed by atoms with Gasteiger partial charge in [-0.15, -0.1) is 0 Å². The molecule has 0 fully saturated rings. The number of carbonyl (C=O) groups is 1. The predicted octanol–water partition coefficient (Wildman–Crippen LogP) is 2.83. The van der Waals surface area contributed by atoms with Crippen LogP contribution in [0, 0.1) is 0 Å². The number of carbonyl (C=O) groups excluding carboxylic acids is 1. The van der Waals surface area contributed by atoms with Gasteiger partial charge in [0.1, 0.15) is 0 Å². The summed E-state index contributed by atoms with van der Waals surface area (Å²) in [6.45, 7) is 0. The summed E-state index contributed by atoms with van der Waals surface area (Å²) in [6, 6.07) is 7.88. The van der Waals surface area contributed by atoms with Crippen molar-refractivity contribution in [2.24, 2.45) is 0 Å². The second-order valence-electron chi connectivity index (χ2n) is 2.63. The SMILES string of the molecule is O=C/C(=C\c1ccccc1)C(F)(F)F. The topological polar surface area (TPSA) is 17.1 Å². The van der Waals surface area contributed by atoms with E-state index in [1.165, 1.54) is 12.1 Å². The van der Waals surface area contributed by atoms with Crippen LogP contribution in [0.3, 0.4) is 0 Å². The summed E-state index contributed by atoms with van der Waals surface area (Å²) in [5, 5.41) is 0. The summed E-state index contributed by atoms with van der Waals surface area (Å²) in [7, 11) is 0. The van der Waals surface area contributed by atoms with Crippen molar-refractivity contribution in [1.29, 1.82) is 0 Å². The second kappa shape index (κ2) is 4.09. The van der Waals surface area contributed by atoms with Crippen molar-refractivity contribution < 1.29 is 18.0 Å². The summed E-state index contributed by atoms with van der Waals surface area (Å²) in [4.78, 5) is 10.2. The number of rotatable bonds is 2. The number of alkyl halides is 3. The zero-order valence-electron chi connectivity index (χ0n) is 7.08. The fraction of sp³-hybridized carbons (Fsp3) is 0.100. The highest BCUT2D eigenvalue weighted by Crippen LogP contribution is 2.25. The molecule has 4 heteroatoms. The van der Waals surface area contributed by atoms with E-state index in [0.29, 0.717) is 5.56 Å². The number of hydrogen-bond donors (Lipinski definition) is 0. The highest BCUT2D eigenvalue weighted by atomic mass is 19.4. The lowest BCUT2D eigenvalue weighted by Crippen LogP contribution is -2.12. The predicted molar refractivity (Wildman–Crippen MR) is 46.5 cm³/mol. The molecule has 0 aromatic heterocycles. The molecule has 0 bridgehead atoms. The first kappa shape index (κ1) is 10.5. The normalized spacial score (nSPS) is 12.6. The zero-order valence-corrected chi connectivity index (χ0v) is 7.08. The van der Waals surface area contributed by atoms with E-state index < -0.39 is 11.7 Å². The average Bonchev–Trinajstić information content (AvgIpc) is 2.14. The Morgan fingerprint density at radius 1 is 1.14 bits per heavy atom. The Bertz CT molecular complexity index is 338. The monoisotopic (exact) mass is 200 g/mol. The van der Waals surface area contributed by atoms with Gasteiger partial charge in [-0.05, 0) is 11.6 Å². The van der Waals surface area contributed by atoms with Gasteiger partial charge in [-0.1, -0.05) is 30.3 Å². The molecule has 1 aromatic carbocycles. The van der Waals surface area contributed by atoms with E-state index in [1.807, 2.05) is 0 Å². The number of benzene rings is 1. The molecule has 0 aliphatic heterocycles. The van der Waals surface area contributed by atoms with Crippen LogP contribution in [0.5, 0.6) is 0 Å². The number of hydrogen-bond acceptors (Lipinski definition) is 1. The van der Waals surface area contributed by atoms with Crippen molar-refractivity contribution in [2.75, 3.05) is 0 Å². The first-order valence-electron chi connectivity index (χ1n) is 3.83. The van der Waals surface area contributed by atoms with Crippen LogP contribution >= 0.6 is 0 Å². The fourth-order valence-electron chi connectivity index (χ4n) is 0.911. The Hall–Kier alpha value is -1.58. The van der Waals surface area contributed by atoms with Crippen LogP contribution in [-0.4, -0.2) is 12.5 Å². The number of aldehydes is 1. The van der Waals surface area contributed by atoms with Gasteiger partial charge in [0, 0.05) is 0 Å². The third kappa shape index (κ3) is 2.73. The maximum absolute atomic E-state index is 12.1. The molecule has 1 nitrogen and oxygen atoms in total. The zero-order chi connectivity index (χ0) is 10.6. The van der Waals surface area contributed by atoms with Crippen molar-refractivity contribution >= 4 is 12.4 Å². The van der Waals surface area contributed by atoms with Gasteiger partial charge in [0.05, 0.1) is 5.57 Å². The van der Waals surface area contributed by atoms with Crippen LogP contribution < -0.4 is 0 Å². The minimum atomic E-state index is -4.59. The molecule has 0 atom stereocenters. The molecule has 0 unspecified atom stereocenters. The molecule has 1 rings (SSSR count). The lowest BCUT2D eigenvalue weighted by Gasteiger charge is -2.04. The average molecular weight is 200 g/mol. The first-order valence-corrected chi connectivity index (χ1v) is 3.83. The molecule has 0 aliphatic carbocycles. The molecule has 1 aromatic rings. The largest absolute Gasteiger partial charge is 0.419 e. The summed E-state index contributed by atoms with van der Waals surface area (Å²) in [5.41, 5.74) is -0.823. The van der Waals surface area contributed by atoms with Gasteiger partial charge in [0.2, 0.25) is 0 Å². The lowest BCUT2D eigenvalue weighted by atomic mass is 10.1. The highest BCUT2D eigenvalue weighted by Gasteiger charge is 2.33. The summed E-state index contributed by atoms with van der Waals surface area (Å²) >= 11 is 0. The number of halogens is 3. The van der Waals surface area contributed by atoms with Gasteiger partial charge in [0.25, 0.3) is 0 Å². The van der Waals surface area contributed by atoms with E-state index in [1.54, 1.807) is 18.2 Å². The molecule has 0 amide bonds. The van der Waals surface area contributed by atoms with Crippen molar-refractivity contribution in [1.82, 2.24) is 0 Å². The Morgan fingerprint density at radius 3 is 2.14 bits per heavy atom. The summed E-state index contributed by atoms with van der Waals surface area (Å²) in [5.74, 6) is 0. The van der Waals surface area contributed by atoms with E-state index in [2.05, 4.69) is 0 Å². The molecule has 74 valence electrons. The van der Waals surface area contributed by atoms with Crippen molar-refractivity contribution in [3.63, 3.8) is 0 Å². The maximum atomic E-state index is 12.1. The number of allylic oxidation sites excluding steroid dienone is 1. The molecule has 0 radical (unpaired) electrons. The quantitative estimate of drug-likeness (QED) is 0.530. The molecule has 0 spiro atoms. The van der Waals surface area contributed by atoms with Crippen molar-refractivity contribution in [3.05, 3.63) is 41.5 Å². The van der Waals surface area contributed by atoms with Crippen LogP contribution in [0.15, 0.2) is 35.9 Å². The molecular formula is C10H7F3O. The summed E-state index contributed by atoms with van der Waals surface area (Å²) < 4.78 is 36.3. The molecule has 0 heterocycles. The maximum Gasteiger partial charge on any atom is 0.419 e. The second-order valence-corrected chi connectivity index (χ2v) is 2.63. The minimum Gasteiger partial charge on any atom is -0.298 e. The minimum absolute atomic E-state index is 0.188. The third-order valence-corrected chi connectivity index (χ3v) is 1.58. The van der Waals surface area contributed by atoms with Gasteiger partial charge >= 0.3 is 6.18 Å². The Morgan fingerprint density at radius 2 is 1.71 bits per heavy atom. The molecule has 0 N–H and O–H groups in total. The third-order valence-electron chi connectivity index (χ3n) is 1.58. The van der Waals surface area contributed by atoms with E-state index in [0.717, 1.165) is 6.08 Å². The smallest absolute Gasteiger partial charge is 0.298 e. The fourth-order valence-corrected chi connectivity index (χ4v) is 0.911. The van der Waals surface area contributed by atoms with Crippen LogP contribution in [0.4, 0.5) is 13.2 Å². The molecular weight excluding hydrogens is 193 g/mol. The Labute approximate surface area is 78.9 Å². The van der Waals surface area contributed by atoms with E-state index in [4.69, 9.17) is 0 Å². The van der Waals surface area contributed by atoms with Crippen LogP contribution in [0.1, 0.15) is 5.56 Å². The highest BCUT2D eigenvalue weighted by molar-refractivity contribution is 5.83. The van der Waals surface area contributed by atoms with E-state index in [-0.39, 0.29) is 6.29 Å². The van der Waals surface area contributed by atoms with Crippen LogP contribution in [-0.2, 0) is 4.79 Å². The van der Waals surface area contributed by atoms with Gasteiger partial charge in [-0.2, -0.15) is 13.2 Å². The van der Waals surface area contributed by atoms with Crippen molar-refractivity contribution in [3.8, 4) is 0 Å². The Balaban J connectivity index is 3.02. The van der Waals surface area contributed by atoms with Gasteiger partial charge in [-0.25, -0.2) is 0 Å². The molecule has 0 saturated carbocycles. The molecule has 14 heavy (non-hydrogen) atoms. The lowest BCUT2D eigenvalue weighted by molar-refractivity contribution is -0.118. The van der Waals surface area contributed by atoms with Gasteiger partial charge < -0.3 is 0 Å². The van der Waals surface area contributed by atoms with Gasteiger partial charge in [-0.3, -0.25) is 4.79 Å². The van der Waals surface area contributed by atoms with Crippen LogP contribution in [0.25, 0.3) is 6.08 Å².